The van der Waals surface area contributed by atoms with Crippen molar-refractivity contribution in [3.8, 4) is 0 Å². The summed E-state index contributed by atoms with van der Waals surface area (Å²) < 4.78 is 3.63. The number of carbonyl (C=O) groups is 1. The molecule has 26 heavy (non-hydrogen) atoms. The van der Waals surface area contributed by atoms with Gasteiger partial charge in [-0.3, -0.25) is 14.2 Å². The van der Waals surface area contributed by atoms with Crippen LogP contribution in [0.15, 0.2) is 30.5 Å². The standard InChI is InChI=1S/C19H22ClN5O/c1-5-24-11-17(12(2)22-24)19(26)21-18-13(3)23-25(14(18)4)10-15-7-6-8-16(20)9-15/h6-9,11H,5,10H2,1-4H3,(H,21,26). The molecule has 0 unspecified atom stereocenters. The van der Waals surface area contributed by atoms with Crippen LogP contribution in [0.5, 0.6) is 0 Å². The number of halogens is 1. The van der Waals surface area contributed by atoms with E-state index in [2.05, 4.69) is 15.5 Å². The third-order valence-electron chi connectivity index (χ3n) is 4.36. The fraction of sp³-hybridized carbons (Fsp3) is 0.316. The summed E-state index contributed by atoms with van der Waals surface area (Å²) in [5.41, 5.74) is 4.76. The Labute approximate surface area is 157 Å². The molecule has 2 aromatic heterocycles. The van der Waals surface area contributed by atoms with Crippen molar-refractivity contribution in [2.75, 3.05) is 5.32 Å². The van der Waals surface area contributed by atoms with Crippen molar-refractivity contribution >= 4 is 23.2 Å². The zero-order valence-electron chi connectivity index (χ0n) is 15.4. The minimum absolute atomic E-state index is 0.171. The van der Waals surface area contributed by atoms with Gasteiger partial charge in [-0.25, -0.2) is 0 Å². The van der Waals surface area contributed by atoms with Crippen molar-refractivity contribution in [2.45, 2.75) is 40.8 Å². The van der Waals surface area contributed by atoms with E-state index in [0.29, 0.717) is 22.8 Å². The summed E-state index contributed by atoms with van der Waals surface area (Å²) in [7, 11) is 0. The molecule has 0 saturated carbocycles. The second kappa shape index (κ2) is 7.33. The zero-order valence-corrected chi connectivity index (χ0v) is 16.1. The normalized spacial score (nSPS) is 11.0. The number of aryl methyl sites for hydroxylation is 3. The van der Waals surface area contributed by atoms with Gasteiger partial charge >= 0.3 is 0 Å². The fourth-order valence-corrected chi connectivity index (χ4v) is 3.14. The first kappa shape index (κ1) is 18.2. The Morgan fingerprint density at radius 3 is 2.62 bits per heavy atom. The first-order valence-corrected chi connectivity index (χ1v) is 8.90. The maximum absolute atomic E-state index is 12.7. The van der Waals surface area contributed by atoms with E-state index in [1.54, 1.807) is 10.9 Å². The monoisotopic (exact) mass is 371 g/mol. The SMILES string of the molecule is CCn1cc(C(=O)Nc2c(C)nn(Cc3cccc(Cl)c3)c2C)c(C)n1. The summed E-state index contributed by atoms with van der Waals surface area (Å²) in [5, 5.41) is 12.6. The summed E-state index contributed by atoms with van der Waals surface area (Å²) in [6.45, 7) is 8.98. The maximum Gasteiger partial charge on any atom is 0.259 e. The molecule has 1 amide bonds. The van der Waals surface area contributed by atoms with E-state index in [-0.39, 0.29) is 5.91 Å². The number of benzene rings is 1. The average molecular weight is 372 g/mol. The number of amides is 1. The molecule has 0 fully saturated rings. The molecule has 0 radical (unpaired) electrons. The summed E-state index contributed by atoms with van der Waals surface area (Å²) >= 11 is 6.06. The summed E-state index contributed by atoms with van der Waals surface area (Å²) in [6, 6.07) is 7.68. The minimum atomic E-state index is -0.171. The van der Waals surface area contributed by atoms with Crippen LogP contribution in [0, 0.1) is 20.8 Å². The van der Waals surface area contributed by atoms with Crippen molar-refractivity contribution < 1.29 is 4.79 Å². The van der Waals surface area contributed by atoms with Gasteiger partial charge in [-0.1, -0.05) is 23.7 Å². The van der Waals surface area contributed by atoms with Crippen molar-refractivity contribution in [2.24, 2.45) is 0 Å². The Kier molecular flexibility index (Phi) is 5.13. The molecule has 0 aliphatic rings. The van der Waals surface area contributed by atoms with E-state index >= 15 is 0 Å². The van der Waals surface area contributed by atoms with Gasteiger partial charge in [0.05, 0.1) is 34.9 Å². The number of hydrogen-bond donors (Lipinski definition) is 1. The molecule has 1 N–H and O–H groups in total. The molecule has 0 spiro atoms. The number of nitrogens with one attached hydrogen (secondary N) is 1. The summed E-state index contributed by atoms with van der Waals surface area (Å²) in [4.78, 5) is 12.7. The van der Waals surface area contributed by atoms with Gasteiger partial charge in [0.2, 0.25) is 0 Å². The first-order valence-electron chi connectivity index (χ1n) is 8.53. The average Bonchev–Trinajstić information content (AvgIpc) is 3.10. The van der Waals surface area contributed by atoms with Crippen LogP contribution in [0.25, 0.3) is 0 Å². The lowest BCUT2D eigenvalue weighted by molar-refractivity contribution is 0.102. The highest BCUT2D eigenvalue weighted by Crippen LogP contribution is 2.22. The van der Waals surface area contributed by atoms with E-state index in [1.165, 1.54) is 0 Å². The third-order valence-corrected chi connectivity index (χ3v) is 4.59. The van der Waals surface area contributed by atoms with E-state index in [0.717, 1.165) is 29.2 Å². The Hall–Kier alpha value is -2.60. The van der Waals surface area contributed by atoms with Crippen LogP contribution in [0.3, 0.4) is 0 Å². The summed E-state index contributed by atoms with van der Waals surface area (Å²) in [5.74, 6) is -0.171. The van der Waals surface area contributed by atoms with Crippen molar-refractivity contribution in [3.63, 3.8) is 0 Å². The van der Waals surface area contributed by atoms with Crippen LogP contribution in [-0.4, -0.2) is 25.5 Å². The molecular formula is C19H22ClN5O. The Bertz CT molecular complexity index is 957. The van der Waals surface area contributed by atoms with Crippen molar-refractivity contribution in [1.29, 1.82) is 0 Å². The number of anilines is 1. The van der Waals surface area contributed by atoms with Crippen LogP contribution < -0.4 is 5.32 Å². The highest BCUT2D eigenvalue weighted by molar-refractivity contribution is 6.30. The third kappa shape index (κ3) is 3.65. The molecule has 0 bridgehead atoms. The number of nitrogens with zero attached hydrogens (tertiary/aromatic N) is 4. The molecule has 3 rings (SSSR count). The first-order chi connectivity index (χ1) is 12.4. The molecular weight excluding hydrogens is 350 g/mol. The minimum Gasteiger partial charge on any atom is -0.319 e. The van der Waals surface area contributed by atoms with Gasteiger partial charge < -0.3 is 5.32 Å². The molecule has 0 aliphatic carbocycles. The second-order valence-electron chi connectivity index (χ2n) is 6.27. The van der Waals surface area contributed by atoms with E-state index < -0.39 is 0 Å². The van der Waals surface area contributed by atoms with Crippen LogP contribution in [0.1, 0.15) is 39.9 Å². The van der Waals surface area contributed by atoms with Gasteiger partial charge in [0, 0.05) is 17.8 Å². The van der Waals surface area contributed by atoms with E-state index in [9.17, 15) is 4.79 Å². The van der Waals surface area contributed by atoms with Crippen LogP contribution in [-0.2, 0) is 13.1 Å². The molecule has 0 saturated heterocycles. The van der Waals surface area contributed by atoms with Gasteiger partial charge in [0.25, 0.3) is 5.91 Å². The lowest BCUT2D eigenvalue weighted by atomic mass is 10.2. The number of rotatable bonds is 5. The van der Waals surface area contributed by atoms with E-state index in [1.807, 2.05) is 56.6 Å². The lowest BCUT2D eigenvalue weighted by Gasteiger charge is -2.07. The Morgan fingerprint density at radius 2 is 1.96 bits per heavy atom. The van der Waals surface area contributed by atoms with Crippen LogP contribution >= 0.6 is 11.6 Å². The van der Waals surface area contributed by atoms with Gasteiger partial charge in [-0.2, -0.15) is 10.2 Å². The number of hydrogen-bond acceptors (Lipinski definition) is 3. The quantitative estimate of drug-likeness (QED) is 0.737. The van der Waals surface area contributed by atoms with Gasteiger partial charge in [0.1, 0.15) is 0 Å². The lowest BCUT2D eigenvalue weighted by Crippen LogP contribution is -2.14. The molecule has 0 atom stereocenters. The van der Waals surface area contributed by atoms with Crippen molar-refractivity contribution in [1.82, 2.24) is 19.6 Å². The van der Waals surface area contributed by atoms with Gasteiger partial charge in [-0.05, 0) is 45.4 Å². The van der Waals surface area contributed by atoms with Crippen molar-refractivity contribution in [3.05, 3.63) is 63.7 Å². The predicted molar refractivity (Wildman–Crippen MR) is 103 cm³/mol. The second-order valence-corrected chi connectivity index (χ2v) is 6.71. The molecule has 6 nitrogen and oxygen atoms in total. The molecule has 0 aliphatic heterocycles. The predicted octanol–water partition coefficient (Wildman–Crippen LogP) is 3.98. The van der Waals surface area contributed by atoms with E-state index in [4.69, 9.17) is 11.6 Å². The van der Waals surface area contributed by atoms with Crippen LogP contribution in [0.2, 0.25) is 5.02 Å². The van der Waals surface area contributed by atoms with Gasteiger partial charge in [-0.15, -0.1) is 0 Å². The number of carbonyl (C=O) groups excluding carboxylic acids is 1. The maximum atomic E-state index is 12.7. The fourth-order valence-electron chi connectivity index (χ4n) is 2.92. The zero-order chi connectivity index (χ0) is 18.8. The molecule has 1 aromatic carbocycles. The molecule has 2 heterocycles. The molecule has 136 valence electrons. The highest BCUT2D eigenvalue weighted by Gasteiger charge is 2.18. The summed E-state index contributed by atoms with van der Waals surface area (Å²) in [6.07, 6.45) is 1.77. The highest BCUT2D eigenvalue weighted by atomic mass is 35.5. The molecule has 3 aromatic rings. The Balaban J connectivity index is 1.83. The van der Waals surface area contributed by atoms with Gasteiger partial charge in [0.15, 0.2) is 0 Å². The number of aromatic nitrogens is 4. The van der Waals surface area contributed by atoms with Crippen LogP contribution in [0.4, 0.5) is 5.69 Å². The topological polar surface area (TPSA) is 64.7 Å². The largest absolute Gasteiger partial charge is 0.319 e. The smallest absolute Gasteiger partial charge is 0.259 e. The Morgan fingerprint density at radius 1 is 1.19 bits per heavy atom. The molecule has 7 heteroatoms.